The number of carbonyl (C=O) groups excluding carboxylic acids is 2. The summed E-state index contributed by atoms with van der Waals surface area (Å²) in [4.78, 5) is 25.1. The molecule has 0 fully saturated rings. The van der Waals surface area contributed by atoms with Gasteiger partial charge in [-0.05, 0) is 60.9 Å². The van der Waals surface area contributed by atoms with E-state index in [0.29, 0.717) is 10.6 Å². The van der Waals surface area contributed by atoms with Crippen molar-refractivity contribution >= 4 is 34.3 Å². The Bertz CT molecular complexity index is 1140. The van der Waals surface area contributed by atoms with Gasteiger partial charge in [-0.25, -0.2) is 4.79 Å². The van der Waals surface area contributed by atoms with Crippen LogP contribution in [0.25, 0.3) is 17.2 Å². The standard InChI is InChI=1S/C26H25NO3S/c1-17-7-9-18(10-8-17)11-14-23(28)27-25-24(26(29)30-2)22(16-31-25)21-13-12-19-5-3-4-6-20(19)15-21/h7-16H,3-6H2,1-2H3,(H,27,28)/b14-11+. The van der Waals surface area contributed by atoms with Crippen LogP contribution in [0, 0.1) is 6.92 Å². The van der Waals surface area contributed by atoms with Crippen LogP contribution in [0.5, 0.6) is 0 Å². The van der Waals surface area contributed by atoms with Crippen LogP contribution in [0.15, 0.2) is 53.9 Å². The summed E-state index contributed by atoms with van der Waals surface area (Å²) in [5.74, 6) is -0.739. The van der Waals surface area contributed by atoms with Gasteiger partial charge in [-0.15, -0.1) is 11.3 Å². The summed E-state index contributed by atoms with van der Waals surface area (Å²) in [5.41, 5.74) is 7.01. The van der Waals surface area contributed by atoms with Crippen LogP contribution in [0.4, 0.5) is 5.00 Å². The molecule has 1 N–H and O–H groups in total. The number of methoxy groups -OCH3 is 1. The third kappa shape index (κ3) is 4.78. The van der Waals surface area contributed by atoms with Crippen molar-refractivity contribution in [2.45, 2.75) is 32.6 Å². The maximum absolute atomic E-state index is 12.6. The van der Waals surface area contributed by atoms with E-state index in [9.17, 15) is 9.59 Å². The number of fused-ring (bicyclic) bond motifs is 1. The normalized spacial score (nSPS) is 13.1. The molecule has 0 aliphatic heterocycles. The zero-order chi connectivity index (χ0) is 21.8. The number of rotatable bonds is 5. The number of thiophene rings is 1. The van der Waals surface area contributed by atoms with Crippen LogP contribution in [-0.4, -0.2) is 19.0 Å². The van der Waals surface area contributed by atoms with Gasteiger partial charge in [0.15, 0.2) is 0 Å². The van der Waals surface area contributed by atoms with Crippen molar-refractivity contribution in [1.82, 2.24) is 0 Å². The highest BCUT2D eigenvalue weighted by Gasteiger charge is 2.22. The fourth-order valence-electron chi connectivity index (χ4n) is 3.87. The lowest BCUT2D eigenvalue weighted by Gasteiger charge is -2.16. The summed E-state index contributed by atoms with van der Waals surface area (Å²) in [6.07, 6.45) is 7.82. The third-order valence-corrected chi connectivity index (χ3v) is 6.48. The number of hydrogen-bond donors (Lipinski definition) is 1. The Morgan fingerprint density at radius 2 is 1.77 bits per heavy atom. The number of benzene rings is 2. The number of amides is 1. The number of esters is 1. The van der Waals surface area contributed by atoms with Crippen LogP contribution in [-0.2, 0) is 22.4 Å². The van der Waals surface area contributed by atoms with Gasteiger partial charge in [0.25, 0.3) is 0 Å². The highest BCUT2D eigenvalue weighted by Crippen LogP contribution is 2.37. The van der Waals surface area contributed by atoms with Gasteiger partial charge in [0, 0.05) is 17.0 Å². The molecule has 0 spiro atoms. The maximum atomic E-state index is 12.6. The minimum Gasteiger partial charge on any atom is -0.465 e. The molecule has 158 valence electrons. The second-order valence-corrected chi connectivity index (χ2v) is 8.65. The maximum Gasteiger partial charge on any atom is 0.341 e. The minimum absolute atomic E-state index is 0.287. The average molecular weight is 432 g/mol. The van der Waals surface area contributed by atoms with Gasteiger partial charge in [-0.2, -0.15) is 0 Å². The molecule has 31 heavy (non-hydrogen) atoms. The van der Waals surface area contributed by atoms with E-state index < -0.39 is 5.97 Å². The van der Waals surface area contributed by atoms with Gasteiger partial charge in [0.1, 0.15) is 10.6 Å². The summed E-state index contributed by atoms with van der Waals surface area (Å²) in [5, 5.41) is 5.26. The molecular weight excluding hydrogens is 406 g/mol. The van der Waals surface area contributed by atoms with E-state index in [4.69, 9.17) is 4.74 Å². The Labute approximate surface area is 186 Å². The van der Waals surface area contributed by atoms with E-state index in [2.05, 4.69) is 23.5 Å². The van der Waals surface area contributed by atoms with Crippen molar-refractivity contribution in [3.63, 3.8) is 0 Å². The van der Waals surface area contributed by atoms with Gasteiger partial charge < -0.3 is 10.1 Å². The second kappa shape index (κ2) is 9.31. The summed E-state index contributed by atoms with van der Waals surface area (Å²) < 4.78 is 5.03. The van der Waals surface area contributed by atoms with Gasteiger partial charge in [0.2, 0.25) is 5.91 Å². The molecule has 5 heteroatoms. The summed E-state index contributed by atoms with van der Waals surface area (Å²) >= 11 is 1.34. The lowest BCUT2D eigenvalue weighted by atomic mass is 9.89. The molecule has 0 saturated heterocycles. The molecule has 1 aliphatic carbocycles. The number of nitrogens with one attached hydrogen (secondary N) is 1. The molecule has 1 heterocycles. The van der Waals surface area contributed by atoms with E-state index in [1.54, 1.807) is 6.08 Å². The molecule has 0 radical (unpaired) electrons. The number of ether oxygens (including phenoxy) is 1. The smallest absolute Gasteiger partial charge is 0.341 e. The molecular formula is C26H25NO3S. The van der Waals surface area contributed by atoms with Crippen LogP contribution in [0.3, 0.4) is 0 Å². The Balaban J connectivity index is 1.60. The first-order valence-electron chi connectivity index (χ1n) is 10.4. The average Bonchev–Trinajstić information content (AvgIpc) is 3.21. The highest BCUT2D eigenvalue weighted by molar-refractivity contribution is 7.15. The quantitative estimate of drug-likeness (QED) is 0.396. The van der Waals surface area contributed by atoms with Crippen molar-refractivity contribution < 1.29 is 14.3 Å². The first-order valence-corrected chi connectivity index (χ1v) is 11.3. The largest absolute Gasteiger partial charge is 0.465 e. The molecule has 0 saturated carbocycles. The molecule has 4 rings (SSSR count). The molecule has 1 amide bonds. The van der Waals surface area contributed by atoms with Crippen molar-refractivity contribution in [3.05, 3.63) is 81.7 Å². The molecule has 0 unspecified atom stereocenters. The third-order valence-electron chi connectivity index (χ3n) is 5.58. The monoisotopic (exact) mass is 431 g/mol. The second-order valence-electron chi connectivity index (χ2n) is 7.77. The van der Waals surface area contributed by atoms with E-state index >= 15 is 0 Å². The zero-order valence-corrected chi connectivity index (χ0v) is 18.6. The van der Waals surface area contributed by atoms with E-state index in [1.807, 2.05) is 36.6 Å². The topological polar surface area (TPSA) is 55.4 Å². The van der Waals surface area contributed by atoms with Crippen LogP contribution >= 0.6 is 11.3 Å². The van der Waals surface area contributed by atoms with Crippen LogP contribution in [0.2, 0.25) is 0 Å². The van der Waals surface area contributed by atoms with E-state index in [0.717, 1.165) is 35.1 Å². The van der Waals surface area contributed by atoms with Gasteiger partial charge >= 0.3 is 5.97 Å². The Morgan fingerprint density at radius 3 is 2.52 bits per heavy atom. The van der Waals surface area contributed by atoms with Crippen molar-refractivity contribution in [1.29, 1.82) is 0 Å². The molecule has 1 aromatic heterocycles. The number of anilines is 1. The zero-order valence-electron chi connectivity index (χ0n) is 17.7. The number of carbonyl (C=O) groups is 2. The predicted octanol–water partition coefficient (Wildman–Crippen LogP) is 6.04. The van der Waals surface area contributed by atoms with Gasteiger partial charge in [-0.1, -0.05) is 48.0 Å². The summed E-state index contributed by atoms with van der Waals surface area (Å²) in [6, 6.07) is 14.3. The number of aryl methyl sites for hydroxylation is 3. The van der Waals surface area contributed by atoms with Crippen LogP contribution < -0.4 is 5.32 Å². The summed E-state index contributed by atoms with van der Waals surface area (Å²) in [7, 11) is 1.36. The molecule has 4 nitrogen and oxygen atoms in total. The fraction of sp³-hybridized carbons (Fsp3) is 0.231. The lowest BCUT2D eigenvalue weighted by molar-refractivity contribution is -0.111. The Hall–Kier alpha value is -3.18. The van der Waals surface area contributed by atoms with Crippen LogP contribution in [0.1, 0.15) is 45.5 Å². The Morgan fingerprint density at radius 1 is 1.03 bits per heavy atom. The van der Waals surface area contributed by atoms with E-state index in [-0.39, 0.29) is 5.91 Å². The fourth-order valence-corrected chi connectivity index (χ4v) is 4.83. The number of hydrogen-bond acceptors (Lipinski definition) is 4. The first-order chi connectivity index (χ1) is 15.0. The molecule has 1 aliphatic rings. The van der Waals surface area contributed by atoms with Crippen molar-refractivity contribution in [2.75, 3.05) is 12.4 Å². The summed E-state index contributed by atoms with van der Waals surface area (Å²) in [6.45, 7) is 2.02. The minimum atomic E-state index is -0.452. The van der Waals surface area contributed by atoms with Crippen molar-refractivity contribution in [2.24, 2.45) is 0 Å². The van der Waals surface area contributed by atoms with Gasteiger partial charge in [-0.3, -0.25) is 4.79 Å². The van der Waals surface area contributed by atoms with E-state index in [1.165, 1.54) is 48.5 Å². The SMILES string of the molecule is COC(=O)c1c(-c2ccc3c(c2)CCCC3)csc1NC(=O)/C=C/c1ccc(C)cc1. The Kier molecular flexibility index (Phi) is 6.33. The highest BCUT2D eigenvalue weighted by atomic mass is 32.1. The lowest BCUT2D eigenvalue weighted by Crippen LogP contribution is -2.11. The predicted molar refractivity (Wildman–Crippen MR) is 127 cm³/mol. The molecule has 3 aromatic rings. The molecule has 0 bridgehead atoms. The molecule has 0 atom stereocenters. The van der Waals surface area contributed by atoms with Crippen molar-refractivity contribution in [3.8, 4) is 11.1 Å². The first kappa shape index (κ1) is 21.1. The molecule has 2 aromatic carbocycles. The van der Waals surface area contributed by atoms with Gasteiger partial charge in [0.05, 0.1) is 7.11 Å².